The normalized spacial score (nSPS) is 26.2. The summed E-state index contributed by atoms with van der Waals surface area (Å²) in [5.74, 6) is -1.67. The number of aliphatic carboxylic acids is 1. The molecule has 0 atom stereocenters. The molecule has 2 rings (SSSR count). The highest BCUT2D eigenvalue weighted by Gasteiger charge is 2.35. The van der Waals surface area contributed by atoms with Crippen molar-refractivity contribution in [2.45, 2.75) is 31.3 Å². The van der Waals surface area contributed by atoms with Crippen LogP contribution in [0.25, 0.3) is 0 Å². The van der Waals surface area contributed by atoms with Crippen LogP contribution in [-0.2, 0) is 4.79 Å². The Labute approximate surface area is 121 Å². The predicted octanol–water partition coefficient (Wildman–Crippen LogP) is 2.90. The molecule has 4 nitrogen and oxygen atoms in total. The third kappa shape index (κ3) is 3.61. The lowest BCUT2D eigenvalue weighted by molar-refractivity contribution is -0.144. The van der Waals surface area contributed by atoms with E-state index >= 15 is 0 Å². The molecule has 0 heterocycles. The summed E-state index contributed by atoms with van der Waals surface area (Å²) in [7, 11) is 0. The Bertz CT molecular complexity index is 501. The molecule has 110 valence electrons. The maximum Gasteiger partial charge on any atom is 0.306 e. The van der Waals surface area contributed by atoms with Crippen molar-refractivity contribution in [3.63, 3.8) is 0 Å². The van der Waals surface area contributed by atoms with Gasteiger partial charge in [0.1, 0.15) is 5.82 Å². The monoisotopic (exact) mass is 301 g/mol. The van der Waals surface area contributed by atoms with E-state index in [0.717, 1.165) is 0 Å². The second-order valence-electron chi connectivity index (χ2n) is 5.31. The number of hydrogen-bond acceptors (Lipinski definition) is 3. The number of rotatable bonds is 4. The molecule has 0 aliphatic heterocycles. The highest BCUT2D eigenvalue weighted by Crippen LogP contribution is 2.32. The molecule has 1 aromatic rings. The molecule has 1 saturated carbocycles. The quantitative estimate of drug-likeness (QED) is 0.800. The van der Waals surface area contributed by atoms with E-state index in [4.69, 9.17) is 16.7 Å². The molecule has 0 aromatic heterocycles. The van der Waals surface area contributed by atoms with Crippen molar-refractivity contribution in [2.75, 3.05) is 11.9 Å². The van der Waals surface area contributed by atoms with Crippen molar-refractivity contribution in [2.24, 2.45) is 5.92 Å². The molecule has 1 aromatic carbocycles. The lowest BCUT2D eigenvalue weighted by Crippen LogP contribution is -2.41. The van der Waals surface area contributed by atoms with Crippen LogP contribution in [0.4, 0.5) is 10.1 Å². The van der Waals surface area contributed by atoms with Crippen molar-refractivity contribution in [1.29, 1.82) is 0 Å². The van der Waals surface area contributed by atoms with Crippen LogP contribution in [0.3, 0.4) is 0 Å². The lowest BCUT2D eigenvalue weighted by Gasteiger charge is -2.35. The minimum absolute atomic E-state index is 0.192. The van der Waals surface area contributed by atoms with Crippen molar-refractivity contribution in [3.05, 3.63) is 29.0 Å². The average molecular weight is 302 g/mol. The van der Waals surface area contributed by atoms with Gasteiger partial charge in [0, 0.05) is 11.6 Å². The van der Waals surface area contributed by atoms with Gasteiger partial charge in [-0.25, -0.2) is 4.39 Å². The first-order valence-corrected chi connectivity index (χ1v) is 6.91. The smallest absolute Gasteiger partial charge is 0.306 e. The standard InChI is InChI=1S/C14H17ClFNO3/c15-10-1-2-12(11(16)7-10)17-8-14(20)5-3-9(4-6-14)13(18)19/h1-2,7,9,17,20H,3-6,8H2,(H,18,19). The summed E-state index contributed by atoms with van der Waals surface area (Å²) in [5, 5.41) is 22.5. The van der Waals surface area contributed by atoms with E-state index in [-0.39, 0.29) is 18.2 Å². The summed E-state index contributed by atoms with van der Waals surface area (Å²) >= 11 is 5.67. The summed E-state index contributed by atoms with van der Waals surface area (Å²) in [4.78, 5) is 10.9. The van der Waals surface area contributed by atoms with E-state index in [1.165, 1.54) is 12.1 Å². The molecule has 0 bridgehead atoms. The molecule has 20 heavy (non-hydrogen) atoms. The number of hydrogen-bond donors (Lipinski definition) is 3. The van der Waals surface area contributed by atoms with Gasteiger partial charge in [0.25, 0.3) is 0 Å². The van der Waals surface area contributed by atoms with Crippen LogP contribution >= 0.6 is 11.6 Å². The molecule has 1 aliphatic rings. The van der Waals surface area contributed by atoms with Gasteiger partial charge in [0.15, 0.2) is 0 Å². The zero-order chi connectivity index (χ0) is 14.8. The molecule has 3 N–H and O–H groups in total. The Morgan fingerprint density at radius 2 is 2.10 bits per heavy atom. The molecule has 1 fully saturated rings. The summed E-state index contributed by atoms with van der Waals surface area (Å²) in [6.45, 7) is 0.192. The van der Waals surface area contributed by atoms with Crippen LogP contribution in [-0.4, -0.2) is 28.3 Å². The molecule has 0 radical (unpaired) electrons. The first-order chi connectivity index (χ1) is 9.39. The largest absolute Gasteiger partial charge is 0.481 e. The number of benzene rings is 1. The van der Waals surface area contributed by atoms with Crippen LogP contribution in [0.5, 0.6) is 0 Å². The fourth-order valence-corrected chi connectivity index (χ4v) is 2.63. The van der Waals surface area contributed by atoms with E-state index in [1.54, 1.807) is 6.07 Å². The number of carboxylic acids is 1. The fourth-order valence-electron chi connectivity index (χ4n) is 2.47. The highest BCUT2D eigenvalue weighted by atomic mass is 35.5. The number of carbonyl (C=O) groups is 1. The van der Waals surface area contributed by atoms with Gasteiger partial charge in [-0.1, -0.05) is 11.6 Å². The van der Waals surface area contributed by atoms with E-state index < -0.39 is 17.4 Å². The second-order valence-corrected chi connectivity index (χ2v) is 5.75. The van der Waals surface area contributed by atoms with Gasteiger partial charge in [-0.05, 0) is 43.9 Å². The van der Waals surface area contributed by atoms with Gasteiger partial charge in [-0.15, -0.1) is 0 Å². The number of aliphatic hydroxyl groups is 1. The predicted molar refractivity (Wildman–Crippen MR) is 74.4 cm³/mol. The summed E-state index contributed by atoms with van der Waals surface area (Å²) in [6.07, 6.45) is 1.67. The van der Waals surface area contributed by atoms with Crippen LogP contribution in [0, 0.1) is 11.7 Å². The molecular formula is C14H17ClFNO3. The molecule has 6 heteroatoms. The Kier molecular flexibility index (Phi) is 4.50. The maximum absolute atomic E-state index is 13.6. The van der Waals surface area contributed by atoms with E-state index in [1.807, 2.05) is 0 Å². The highest BCUT2D eigenvalue weighted by molar-refractivity contribution is 6.30. The summed E-state index contributed by atoms with van der Waals surface area (Å²) in [5.41, 5.74) is -0.707. The first kappa shape index (κ1) is 15.1. The van der Waals surface area contributed by atoms with E-state index in [0.29, 0.717) is 30.7 Å². The van der Waals surface area contributed by atoms with Gasteiger partial charge in [-0.3, -0.25) is 4.79 Å². The van der Waals surface area contributed by atoms with Crippen molar-refractivity contribution < 1.29 is 19.4 Å². The Morgan fingerprint density at radius 3 is 2.65 bits per heavy atom. The van der Waals surface area contributed by atoms with Gasteiger partial charge >= 0.3 is 5.97 Å². The van der Waals surface area contributed by atoms with Crippen LogP contribution in [0.15, 0.2) is 18.2 Å². The van der Waals surface area contributed by atoms with Crippen molar-refractivity contribution in [1.82, 2.24) is 0 Å². The van der Waals surface area contributed by atoms with Crippen LogP contribution < -0.4 is 5.32 Å². The molecule has 0 spiro atoms. The minimum Gasteiger partial charge on any atom is -0.481 e. The van der Waals surface area contributed by atoms with Gasteiger partial charge in [0.2, 0.25) is 0 Å². The molecule has 0 saturated heterocycles. The summed E-state index contributed by atoms with van der Waals surface area (Å²) < 4.78 is 13.6. The van der Waals surface area contributed by atoms with Crippen molar-refractivity contribution in [3.8, 4) is 0 Å². The number of halogens is 2. The van der Waals surface area contributed by atoms with Gasteiger partial charge < -0.3 is 15.5 Å². The minimum atomic E-state index is -0.988. The van der Waals surface area contributed by atoms with Gasteiger partial charge in [-0.2, -0.15) is 0 Å². The molecule has 0 amide bonds. The Hall–Kier alpha value is -1.33. The number of carboxylic acid groups (broad SMARTS) is 1. The lowest BCUT2D eigenvalue weighted by atomic mass is 9.79. The second kappa shape index (κ2) is 5.97. The number of nitrogens with one attached hydrogen (secondary N) is 1. The fraction of sp³-hybridized carbons (Fsp3) is 0.500. The third-order valence-corrected chi connectivity index (χ3v) is 4.04. The zero-order valence-electron chi connectivity index (χ0n) is 10.9. The SMILES string of the molecule is O=C(O)C1CCC(O)(CNc2ccc(Cl)cc2F)CC1. The third-order valence-electron chi connectivity index (χ3n) is 3.80. The Morgan fingerprint density at radius 1 is 1.45 bits per heavy atom. The van der Waals surface area contributed by atoms with Crippen LogP contribution in [0.1, 0.15) is 25.7 Å². The first-order valence-electron chi connectivity index (χ1n) is 6.54. The van der Waals surface area contributed by atoms with E-state index in [9.17, 15) is 14.3 Å². The van der Waals surface area contributed by atoms with Gasteiger partial charge in [0.05, 0.1) is 17.2 Å². The van der Waals surface area contributed by atoms with E-state index in [2.05, 4.69) is 5.32 Å². The Balaban J connectivity index is 1.92. The van der Waals surface area contributed by atoms with Crippen LogP contribution in [0.2, 0.25) is 5.02 Å². The topological polar surface area (TPSA) is 69.6 Å². The molecule has 1 aliphatic carbocycles. The molecular weight excluding hydrogens is 285 g/mol. The number of anilines is 1. The van der Waals surface area contributed by atoms with Crippen molar-refractivity contribution >= 4 is 23.3 Å². The zero-order valence-corrected chi connectivity index (χ0v) is 11.7. The maximum atomic E-state index is 13.6. The molecule has 0 unspecified atom stereocenters. The summed E-state index contributed by atoms with van der Waals surface area (Å²) in [6, 6.07) is 4.29. The average Bonchev–Trinajstić information content (AvgIpc) is 2.38.